The molecule has 1 atom stereocenters. The van der Waals surface area contributed by atoms with Crippen LogP contribution in [0.2, 0.25) is 0 Å². The van der Waals surface area contributed by atoms with Gasteiger partial charge in [0.05, 0.1) is 11.3 Å². The number of rotatable bonds is 6. The first-order valence-corrected chi connectivity index (χ1v) is 10.2. The van der Waals surface area contributed by atoms with Crippen molar-refractivity contribution >= 4 is 5.95 Å². The summed E-state index contributed by atoms with van der Waals surface area (Å²) in [7, 11) is 0. The molecule has 32 heavy (non-hydrogen) atoms. The lowest BCUT2D eigenvalue weighted by Gasteiger charge is -2.15. The van der Waals surface area contributed by atoms with Gasteiger partial charge in [0.25, 0.3) is 0 Å². The number of alkyl halides is 3. The van der Waals surface area contributed by atoms with Crippen LogP contribution in [0.15, 0.2) is 85.3 Å². The maximum absolute atomic E-state index is 13.2. The molecule has 7 heteroatoms. The van der Waals surface area contributed by atoms with Gasteiger partial charge in [-0.1, -0.05) is 49.4 Å². The molecule has 0 aliphatic carbocycles. The van der Waals surface area contributed by atoms with Crippen molar-refractivity contribution in [1.29, 1.82) is 0 Å². The van der Waals surface area contributed by atoms with E-state index in [0.29, 0.717) is 29.3 Å². The van der Waals surface area contributed by atoms with Gasteiger partial charge in [-0.3, -0.25) is 4.98 Å². The fraction of sp³-hybridized carbons (Fsp3) is 0.160. The zero-order valence-electron chi connectivity index (χ0n) is 17.3. The number of pyridine rings is 1. The topological polar surface area (TPSA) is 50.7 Å². The molecule has 2 aromatic heterocycles. The molecule has 162 valence electrons. The van der Waals surface area contributed by atoms with E-state index >= 15 is 0 Å². The summed E-state index contributed by atoms with van der Waals surface area (Å²) in [6.45, 7) is 2.71. The third kappa shape index (κ3) is 4.94. The Balaban J connectivity index is 1.68. The molecule has 0 amide bonds. The Morgan fingerprint density at radius 2 is 1.66 bits per heavy atom. The molecule has 0 fully saturated rings. The average molecular weight is 434 g/mol. The Morgan fingerprint density at radius 3 is 2.38 bits per heavy atom. The van der Waals surface area contributed by atoms with Crippen molar-refractivity contribution in [2.45, 2.75) is 19.0 Å². The van der Waals surface area contributed by atoms with E-state index in [9.17, 15) is 13.2 Å². The summed E-state index contributed by atoms with van der Waals surface area (Å²) in [5.41, 5.74) is 2.68. The summed E-state index contributed by atoms with van der Waals surface area (Å²) in [5, 5.41) is 3.25. The molecule has 4 nitrogen and oxygen atoms in total. The number of nitrogens with zero attached hydrogens (tertiary/aromatic N) is 3. The van der Waals surface area contributed by atoms with Crippen LogP contribution in [0.4, 0.5) is 19.1 Å². The predicted octanol–water partition coefficient (Wildman–Crippen LogP) is 6.44. The molecule has 0 bridgehead atoms. The molecule has 1 unspecified atom stereocenters. The number of aromatic nitrogens is 3. The minimum absolute atomic E-state index is 0.229. The number of halogens is 3. The van der Waals surface area contributed by atoms with E-state index in [1.54, 1.807) is 36.8 Å². The van der Waals surface area contributed by atoms with Crippen molar-refractivity contribution < 1.29 is 13.2 Å². The van der Waals surface area contributed by atoms with Crippen LogP contribution in [0.1, 0.15) is 24.0 Å². The van der Waals surface area contributed by atoms with Gasteiger partial charge in [0.15, 0.2) is 0 Å². The predicted molar refractivity (Wildman–Crippen MR) is 119 cm³/mol. The van der Waals surface area contributed by atoms with Gasteiger partial charge in [0, 0.05) is 36.3 Å². The second-order valence-corrected chi connectivity index (χ2v) is 7.46. The summed E-state index contributed by atoms with van der Waals surface area (Å²) in [6, 6.07) is 18.8. The van der Waals surface area contributed by atoms with Crippen LogP contribution in [-0.2, 0) is 6.18 Å². The number of benzene rings is 2. The van der Waals surface area contributed by atoms with Gasteiger partial charge in [0.1, 0.15) is 0 Å². The van der Waals surface area contributed by atoms with Crippen LogP contribution in [0.5, 0.6) is 0 Å². The highest BCUT2D eigenvalue weighted by Crippen LogP contribution is 2.35. The van der Waals surface area contributed by atoms with Crippen LogP contribution in [0.25, 0.3) is 22.4 Å². The third-order valence-corrected chi connectivity index (χ3v) is 5.18. The molecule has 0 spiro atoms. The van der Waals surface area contributed by atoms with Crippen molar-refractivity contribution in [3.8, 4) is 22.4 Å². The highest BCUT2D eigenvalue weighted by molar-refractivity contribution is 5.81. The van der Waals surface area contributed by atoms with Crippen LogP contribution in [0, 0.1) is 0 Å². The fourth-order valence-corrected chi connectivity index (χ4v) is 3.41. The van der Waals surface area contributed by atoms with Crippen LogP contribution in [0.3, 0.4) is 0 Å². The van der Waals surface area contributed by atoms with Crippen molar-refractivity contribution in [3.63, 3.8) is 0 Å². The first kappa shape index (κ1) is 21.5. The summed E-state index contributed by atoms with van der Waals surface area (Å²) >= 11 is 0. The minimum atomic E-state index is -4.43. The standard InChI is InChI=1S/C25H21F3N4/c1-17(18-6-3-2-4-7-18)15-30-24-31-16-22(23(32-24)19-10-12-29-13-11-19)20-8-5-9-21(14-20)25(26,27)28/h2-14,16-17H,15H2,1H3,(H,30,31,32). The summed E-state index contributed by atoms with van der Waals surface area (Å²) in [6.07, 6.45) is 0.381. The highest BCUT2D eigenvalue weighted by Gasteiger charge is 2.30. The van der Waals surface area contributed by atoms with Gasteiger partial charge in [0.2, 0.25) is 5.95 Å². The molecule has 0 saturated carbocycles. The smallest absolute Gasteiger partial charge is 0.354 e. The van der Waals surface area contributed by atoms with Gasteiger partial charge in [-0.05, 0) is 41.3 Å². The Morgan fingerprint density at radius 1 is 0.906 bits per heavy atom. The van der Waals surface area contributed by atoms with Crippen LogP contribution < -0.4 is 5.32 Å². The minimum Gasteiger partial charge on any atom is -0.354 e. The van der Waals surface area contributed by atoms with E-state index in [1.165, 1.54) is 11.6 Å². The molecule has 0 aliphatic rings. The van der Waals surface area contributed by atoms with Gasteiger partial charge in [-0.25, -0.2) is 9.97 Å². The van der Waals surface area contributed by atoms with E-state index in [-0.39, 0.29) is 5.92 Å². The number of nitrogens with one attached hydrogen (secondary N) is 1. The molecule has 0 saturated heterocycles. The average Bonchev–Trinajstić information content (AvgIpc) is 2.83. The Labute approximate surface area is 184 Å². The van der Waals surface area contributed by atoms with E-state index < -0.39 is 11.7 Å². The van der Waals surface area contributed by atoms with E-state index in [4.69, 9.17) is 0 Å². The maximum atomic E-state index is 13.2. The normalized spacial score (nSPS) is 12.4. The second-order valence-electron chi connectivity index (χ2n) is 7.46. The van der Waals surface area contributed by atoms with Crippen LogP contribution in [-0.4, -0.2) is 21.5 Å². The zero-order valence-corrected chi connectivity index (χ0v) is 17.3. The molecule has 0 radical (unpaired) electrons. The maximum Gasteiger partial charge on any atom is 0.416 e. The van der Waals surface area contributed by atoms with Crippen molar-refractivity contribution in [1.82, 2.24) is 15.0 Å². The highest BCUT2D eigenvalue weighted by atomic mass is 19.4. The number of hydrogen-bond donors (Lipinski definition) is 1. The molecule has 4 rings (SSSR count). The second kappa shape index (κ2) is 9.18. The van der Waals surface area contributed by atoms with Crippen molar-refractivity contribution in [3.05, 3.63) is 96.4 Å². The van der Waals surface area contributed by atoms with Gasteiger partial charge >= 0.3 is 6.18 Å². The first-order chi connectivity index (χ1) is 15.4. The van der Waals surface area contributed by atoms with Gasteiger partial charge in [-0.2, -0.15) is 13.2 Å². The lowest BCUT2D eigenvalue weighted by molar-refractivity contribution is -0.137. The first-order valence-electron chi connectivity index (χ1n) is 10.2. The number of anilines is 1. The molecule has 1 N–H and O–H groups in total. The number of hydrogen-bond acceptors (Lipinski definition) is 4. The SMILES string of the molecule is CC(CNc1ncc(-c2cccc(C(F)(F)F)c2)c(-c2ccncc2)n1)c1ccccc1. The van der Waals surface area contributed by atoms with Crippen molar-refractivity contribution in [2.75, 3.05) is 11.9 Å². The molecular formula is C25H21F3N4. The largest absolute Gasteiger partial charge is 0.416 e. The quantitative estimate of drug-likeness (QED) is 0.379. The third-order valence-electron chi connectivity index (χ3n) is 5.18. The summed E-state index contributed by atoms with van der Waals surface area (Å²) in [5.74, 6) is 0.641. The van der Waals surface area contributed by atoms with Crippen LogP contribution >= 0.6 is 0 Å². The van der Waals surface area contributed by atoms with E-state index in [0.717, 1.165) is 17.7 Å². The molecule has 0 aliphatic heterocycles. The van der Waals surface area contributed by atoms with E-state index in [2.05, 4.69) is 39.3 Å². The summed E-state index contributed by atoms with van der Waals surface area (Å²) < 4.78 is 39.7. The van der Waals surface area contributed by atoms with Gasteiger partial charge in [-0.15, -0.1) is 0 Å². The fourth-order valence-electron chi connectivity index (χ4n) is 3.41. The zero-order chi connectivity index (χ0) is 22.6. The Kier molecular flexibility index (Phi) is 6.16. The molecule has 2 heterocycles. The van der Waals surface area contributed by atoms with Crippen molar-refractivity contribution in [2.24, 2.45) is 0 Å². The molecule has 2 aromatic carbocycles. The molecular weight excluding hydrogens is 413 g/mol. The van der Waals surface area contributed by atoms with E-state index in [1.807, 2.05) is 18.2 Å². The monoisotopic (exact) mass is 434 g/mol. The Bertz CT molecular complexity index is 1180. The lowest BCUT2D eigenvalue weighted by atomic mass is 9.99. The Hall–Kier alpha value is -3.74. The summed E-state index contributed by atoms with van der Waals surface area (Å²) in [4.78, 5) is 13.1. The lowest BCUT2D eigenvalue weighted by Crippen LogP contribution is -2.12. The molecule has 4 aromatic rings. The van der Waals surface area contributed by atoms with Gasteiger partial charge < -0.3 is 5.32 Å².